The molecule has 0 amide bonds. The van der Waals surface area contributed by atoms with Crippen molar-refractivity contribution in [1.29, 1.82) is 0 Å². The smallest absolute Gasteiger partial charge is 0.321 e. The molecule has 1 aliphatic carbocycles. The molecule has 0 N–H and O–H groups in total. The lowest BCUT2D eigenvalue weighted by molar-refractivity contribution is -0.163. The highest BCUT2D eigenvalue weighted by molar-refractivity contribution is 5.96. The largest absolute Gasteiger partial charge is 0.497 e. The summed E-state index contributed by atoms with van der Waals surface area (Å²) in [6.07, 6.45) is 5.70. The Kier molecular flexibility index (Phi) is 5.13. The first-order valence-electron chi connectivity index (χ1n) is 6.18. The van der Waals surface area contributed by atoms with Crippen LogP contribution < -0.4 is 0 Å². The van der Waals surface area contributed by atoms with Gasteiger partial charge in [0.1, 0.15) is 5.76 Å². The maximum absolute atomic E-state index is 12.0. The van der Waals surface area contributed by atoms with Crippen molar-refractivity contribution in [1.82, 2.24) is 0 Å². The predicted molar refractivity (Wildman–Crippen MR) is 73.6 cm³/mol. The Morgan fingerprint density at radius 2 is 1.80 bits per heavy atom. The van der Waals surface area contributed by atoms with Crippen LogP contribution in [0, 0.1) is 11.3 Å². The number of ether oxygens (including phenoxy) is 3. The van der Waals surface area contributed by atoms with Crippen LogP contribution in [0.3, 0.4) is 0 Å². The van der Waals surface area contributed by atoms with E-state index in [1.165, 1.54) is 14.2 Å². The molecule has 1 unspecified atom stereocenters. The molecule has 0 radical (unpaired) electrons. The van der Waals surface area contributed by atoms with Gasteiger partial charge in [0, 0.05) is 5.41 Å². The zero-order valence-corrected chi connectivity index (χ0v) is 12.3. The lowest BCUT2D eigenvalue weighted by Gasteiger charge is -2.37. The van der Waals surface area contributed by atoms with Crippen molar-refractivity contribution in [3.05, 3.63) is 36.1 Å². The van der Waals surface area contributed by atoms with Gasteiger partial charge in [0.05, 0.1) is 21.3 Å². The molecule has 5 heteroatoms. The number of methoxy groups -OCH3 is 3. The van der Waals surface area contributed by atoms with Crippen molar-refractivity contribution in [3.63, 3.8) is 0 Å². The molecule has 0 saturated carbocycles. The molecule has 5 nitrogen and oxygen atoms in total. The molecule has 1 aliphatic rings. The first-order chi connectivity index (χ1) is 9.42. The average Bonchev–Trinajstić information content (AvgIpc) is 2.47. The third-order valence-electron chi connectivity index (χ3n) is 3.61. The molecule has 20 heavy (non-hydrogen) atoms. The van der Waals surface area contributed by atoms with Crippen LogP contribution >= 0.6 is 0 Å². The molecule has 0 aromatic heterocycles. The van der Waals surface area contributed by atoms with Crippen molar-refractivity contribution in [2.45, 2.75) is 13.3 Å². The highest BCUT2D eigenvalue weighted by Gasteiger charge is 2.48. The Labute approximate surface area is 118 Å². The van der Waals surface area contributed by atoms with Gasteiger partial charge in [-0.15, -0.1) is 0 Å². The van der Waals surface area contributed by atoms with Crippen LogP contribution in [-0.4, -0.2) is 33.3 Å². The molecule has 0 saturated heterocycles. The standard InChI is InChI=1S/C15H20O5/c1-10(2)15(8-6-11(18-3)7-9-15)12(13(16)19-4)14(17)20-5/h6-8,12H,1,9H2,2-5H3. The molecule has 1 atom stereocenters. The van der Waals surface area contributed by atoms with Crippen molar-refractivity contribution in [2.24, 2.45) is 11.3 Å². The average molecular weight is 280 g/mol. The number of carbonyl (C=O) groups is 2. The Morgan fingerprint density at radius 1 is 1.25 bits per heavy atom. The molecule has 0 spiro atoms. The van der Waals surface area contributed by atoms with Gasteiger partial charge in [-0.3, -0.25) is 9.59 Å². The number of hydrogen-bond acceptors (Lipinski definition) is 5. The van der Waals surface area contributed by atoms with Gasteiger partial charge in [-0.25, -0.2) is 0 Å². The normalized spacial score (nSPS) is 21.1. The summed E-state index contributed by atoms with van der Waals surface area (Å²) >= 11 is 0. The lowest BCUT2D eigenvalue weighted by atomic mass is 9.66. The second kappa shape index (κ2) is 6.41. The number of esters is 2. The highest BCUT2D eigenvalue weighted by Crippen LogP contribution is 2.44. The zero-order chi connectivity index (χ0) is 15.3. The molecule has 0 fully saturated rings. The number of hydrogen-bond donors (Lipinski definition) is 0. The van der Waals surface area contributed by atoms with Gasteiger partial charge in [-0.05, 0) is 25.5 Å². The summed E-state index contributed by atoms with van der Waals surface area (Å²) in [6, 6.07) is 0. The molecule has 0 aromatic carbocycles. The van der Waals surface area contributed by atoms with Gasteiger partial charge >= 0.3 is 11.9 Å². The summed E-state index contributed by atoms with van der Waals surface area (Å²) < 4.78 is 14.6. The second-order valence-corrected chi connectivity index (χ2v) is 4.65. The fraction of sp³-hybridized carbons (Fsp3) is 0.467. The Morgan fingerprint density at radius 3 is 2.10 bits per heavy atom. The van der Waals surface area contributed by atoms with Gasteiger partial charge in [0.15, 0.2) is 5.92 Å². The van der Waals surface area contributed by atoms with E-state index in [1.54, 1.807) is 26.2 Å². The lowest BCUT2D eigenvalue weighted by Crippen LogP contribution is -2.42. The zero-order valence-electron chi connectivity index (χ0n) is 12.3. The fourth-order valence-corrected chi connectivity index (χ4v) is 2.32. The van der Waals surface area contributed by atoms with Gasteiger partial charge in [0.25, 0.3) is 0 Å². The summed E-state index contributed by atoms with van der Waals surface area (Å²) in [5, 5.41) is 0. The van der Waals surface area contributed by atoms with Crippen molar-refractivity contribution in [3.8, 4) is 0 Å². The molecule has 0 aromatic rings. The van der Waals surface area contributed by atoms with Gasteiger partial charge in [-0.2, -0.15) is 0 Å². The van der Waals surface area contributed by atoms with Gasteiger partial charge in [0.2, 0.25) is 0 Å². The van der Waals surface area contributed by atoms with Gasteiger partial charge < -0.3 is 14.2 Å². The van der Waals surface area contributed by atoms with Crippen LogP contribution in [0.15, 0.2) is 36.1 Å². The first kappa shape index (κ1) is 16.0. The van der Waals surface area contributed by atoms with Crippen LogP contribution in [0.5, 0.6) is 0 Å². The van der Waals surface area contributed by atoms with Crippen LogP contribution in [0.25, 0.3) is 0 Å². The molecule has 110 valence electrons. The van der Waals surface area contributed by atoms with Crippen LogP contribution in [0.1, 0.15) is 13.3 Å². The summed E-state index contributed by atoms with van der Waals surface area (Å²) in [5.74, 6) is -1.69. The molecule has 0 heterocycles. The van der Waals surface area contributed by atoms with E-state index in [2.05, 4.69) is 6.58 Å². The van der Waals surface area contributed by atoms with Crippen LogP contribution in [-0.2, 0) is 23.8 Å². The molecule has 1 rings (SSSR count). The third-order valence-corrected chi connectivity index (χ3v) is 3.61. The fourth-order valence-electron chi connectivity index (χ4n) is 2.32. The van der Waals surface area contributed by atoms with Crippen molar-refractivity contribution < 1.29 is 23.8 Å². The Balaban J connectivity index is 3.28. The number of carbonyl (C=O) groups excluding carboxylic acids is 2. The minimum Gasteiger partial charge on any atom is -0.497 e. The van der Waals surface area contributed by atoms with Crippen molar-refractivity contribution in [2.75, 3.05) is 21.3 Å². The maximum Gasteiger partial charge on any atom is 0.321 e. The first-order valence-corrected chi connectivity index (χ1v) is 6.18. The summed E-state index contributed by atoms with van der Waals surface area (Å²) in [4.78, 5) is 24.0. The minimum atomic E-state index is -1.08. The molecular weight excluding hydrogens is 260 g/mol. The molecule has 0 aliphatic heterocycles. The minimum absolute atomic E-state index is 0.414. The third kappa shape index (κ3) is 2.76. The number of allylic oxidation sites excluding steroid dienone is 4. The summed E-state index contributed by atoms with van der Waals surface area (Å²) in [7, 11) is 4.04. The SMILES string of the molecule is C=C(C)C1(C(C(=O)OC)C(=O)OC)C=CC(OC)=CC1. The van der Waals surface area contributed by atoms with E-state index in [0.717, 1.165) is 0 Å². The Hall–Kier alpha value is -2.04. The van der Waals surface area contributed by atoms with E-state index in [0.29, 0.717) is 17.8 Å². The maximum atomic E-state index is 12.0. The van der Waals surface area contributed by atoms with E-state index in [4.69, 9.17) is 14.2 Å². The second-order valence-electron chi connectivity index (χ2n) is 4.65. The predicted octanol–water partition coefficient (Wildman–Crippen LogP) is 2.00. The van der Waals surface area contributed by atoms with Crippen LogP contribution in [0.4, 0.5) is 0 Å². The van der Waals surface area contributed by atoms with E-state index in [9.17, 15) is 9.59 Å². The molecule has 0 bridgehead atoms. The van der Waals surface area contributed by atoms with Gasteiger partial charge in [-0.1, -0.05) is 18.2 Å². The van der Waals surface area contributed by atoms with E-state index >= 15 is 0 Å². The summed E-state index contributed by atoms with van der Waals surface area (Å²) in [5.41, 5.74) is -0.177. The summed E-state index contributed by atoms with van der Waals surface area (Å²) in [6.45, 7) is 5.69. The van der Waals surface area contributed by atoms with Crippen molar-refractivity contribution >= 4 is 11.9 Å². The van der Waals surface area contributed by atoms with E-state index < -0.39 is 23.3 Å². The number of rotatable bonds is 5. The highest BCUT2D eigenvalue weighted by atomic mass is 16.5. The van der Waals surface area contributed by atoms with Crippen LogP contribution in [0.2, 0.25) is 0 Å². The quantitative estimate of drug-likeness (QED) is 0.438. The monoisotopic (exact) mass is 280 g/mol. The van der Waals surface area contributed by atoms with E-state index in [1.807, 2.05) is 6.08 Å². The topological polar surface area (TPSA) is 61.8 Å². The Bertz CT molecular complexity index is 459. The molecular formula is C15H20O5. The van der Waals surface area contributed by atoms with E-state index in [-0.39, 0.29) is 0 Å².